The molecule has 0 spiro atoms. The molecule has 0 fully saturated rings. The summed E-state index contributed by atoms with van der Waals surface area (Å²) in [6.07, 6.45) is 6.23. The Morgan fingerprint density at radius 1 is 1.35 bits per heavy atom. The fraction of sp³-hybridized carbons (Fsp3) is 0.312. The Hall–Kier alpha value is -2.79. The van der Waals surface area contributed by atoms with Crippen LogP contribution in [0.4, 0.5) is 10.1 Å². The Bertz CT molecular complexity index is 703. The Kier molecular flexibility index (Phi) is 5.38. The molecule has 0 saturated heterocycles. The Morgan fingerprint density at radius 3 is 2.57 bits per heavy atom. The average Bonchev–Trinajstić information content (AvgIpc) is 2.93. The third kappa shape index (κ3) is 3.35. The van der Waals surface area contributed by atoms with Gasteiger partial charge in [0.2, 0.25) is 0 Å². The zero-order valence-corrected chi connectivity index (χ0v) is 12.8. The third-order valence-corrected chi connectivity index (χ3v) is 3.75. The molecule has 2 heterocycles. The van der Waals surface area contributed by atoms with E-state index >= 15 is 0 Å². The van der Waals surface area contributed by atoms with Crippen molar-refractivity contribution in [3.8, 4) is 5.75 Å². The van der Waals surface area contributed by atoms with Gasteiger partial charge in [0.25, 0.3) is 0 Å². The summed E-state index contributed by atoms with van der Waals surface area (Å²) in [6, 6.07) is 3.53. The van der Waals surface area contributed by atoms with Crippen molar-refractivity contribution in [2.45, 2.75) is 25.9 Å². The van der Waals surface area contributed by atoms with Gasteiger partial charge in [-0.05, 0) is 29.7 Å². The van der Waals surface area contributed by atoms with Gasteiger partial charge in [0, 0.05) is 6.54 Å². The van der Waals surface area contributed by atoms with Gasteiger partial charge in [-0.25, -0.2) is 14.4 Å². The number of benzene rings is 1. The van der Waals surface area contributed by atoms with Crippen LogP contribution in [0.2, 0.25) is 0 Å². The largest absolute Gasteiger partial charge is 0.494 e. The number of aromatic nitrogens is 2. The lowest BCUT2D eigenvalue weighted by molar-refractivity contribution is -0.191. The quantitative estimate of drug-likeness (QED) is 0.866. The van der Waals surface area contributed by atoms with E-state index < -0.39 is 0 Å². The first kappa shape index (κ1) is 16.6. The smallest absolute Gasteiger partial charge is 0.373 e. The number of hydrogen-bond acceptors (Lipinski definition) is 6. The maximum absolute atomic E-state index is 13.9. The van der Waals surface area contributed by atoms with Crippen molar-refractivity contribution in [3.63, 3.8) is 0 Å². The number of fused-ring (bicyclic) bond motifs is 1. The summed E-state index contributed by atoms with van der Waals surface area (Å²) >= 11 is 0. The molecule has 2 aromatic rings. The van der Waals surface area contributed by atoms with E-state index in [0.29, 0.717) is 5.75 Å². The number of carbonyl (C=O) groups excluding carboxylic acids is 2. The van der Waals surface area contributed by atoms with Crippen LogP contribution in [0.1, 0.15) is 30.5 Å². The molecule has 1 aromatic carbocycles. The number of methoxy groups -OCH3 is 1. The lowest BCUT2D eigenvalue weighted by atomic mass is 10.0. The van der Waals surface area contributed by atoms with E-state index in [1.54, 1.807) is 24.5 Å². The number of ether oxygens (including phenoxy) is 1. The highest BCUT2D eigenvalue weighted by Gasteiger charge is 2.30. The van der Waals surface area contributed by atoms with Gasteiger partial charge in [-0.3, -0.25) is 0 Å². The summed E-state index contributed by atoms with van der Waals surface area (Å²) in [5, 5.41) is 0. The van der Waals surface area contributed by atoms with Crippen molar-refractivity contribution in [2.24, 2.45) is 0 Å². The van der Waals surface area contributed by atoms with Crippen LogP contribution in [-0.2, 0) is 16.1 Å². The predicted molar refractivity (Wildman–Crippen MR) is 79.2 cm³/mol. The van der Waals surface area contributed by atoms with E-state index in [4.69, 9.17) is 14.3 Å². The minimum Gasteiger partial charge on any atom is -0.494 e. The Morgan fingerprint density at radius 2 is 2.00 bits per heavy atom. The summed E-state index contributed by atoms with van der Waals surface area (Å²) in [6.45, 7) is 2.82. The van der Waals surface area contributed by atoms with Crippen molar-refractivity contribution in [1.82, 2.24) is 9.97 Å². The van der Waals surface area contributed by atoms with E-state index in [-0.39, 0.29) is 18.0 Å². The van der Waals surface area contributed by atoms with Gasteiger partial charge in [-0.1, -0.05) is 6.92 Å². The number of hydrogen-bond donors (Lipinski definition) is 0. The van der Waals surface area contributed by atoms with Crippen LogP contribution in [0, 0.1) is 5.82 Å². The normalized spacial score (nSPS) is 15.3. The maximum atomic E-state index is 13.9. The van der Waals surface area contributed by atoms with Gasteiger partial charge in [0.1, 0.15) is 6.33 Å². The molecular formula is C16H16FN3O3. The summed E-state index contributed by atoms with van der Waals surface area (Å²) in [7, 11) is 1.49. The van der Waals surface area contributed by atoms with E-state index in [9.17, 15) is 4.39 Å². The molecule has 1 aliphatic heterocycles. The third-order valence-electron chi connectivity index (χ3n) is 3.75. The van der Waals surface area contributed by atoms with Crippen molar-refractivity contribution >= 4 is 11.8 Å². The standard InChI is InChI=1S/C15H16FN3O.CO2/c1-3-14-12-5-13(16)15(20-2)4-10(12)8-19(14)11-6-17-9-18-7-11;2-1-3/h4-7,9,14H,3,8H2,1-2H3;. The number of nitrogens with zero attached hydrogens (tertiary/aromatic N) is 3. The molecule has 0 bridgehead atoms. The molecule has 0 radical (unpaired) electrons. The fourth-order valence-electron chi connectivity index (χ4n) is 2.83. The minimum atomic E-state index is -0.309. The first-order valence-corrected chi connectivity index (χ1v) is 7.03. The maximum Gasteiger partial charge on any atom is 0.373 e. The summed E-state index contributed by atoms with van der Waals surface area (Å²) in [5.41, 5.74) is 3.07. The van der Waals surface area contributed by atoms with Crippen molar-refractivity contribution < 1.29 is 18.7 Å². The number of halogens is 1. The molecule has 6 nitrogen and oxygen atoms in total. The number of rotatable bonds is 3. The number of anilines is 1. The molecule has 1 atom stereocenters. The van der Waals surface area contributed by atoms with Crippen LogP contribution >= 0.6 is 0 Å². The SMILES string of the molecule is CCC1c2cc(F)c(OC)cc2CN1c1cncnc1.O=C=O. The molecule has 1 aliphatic rings. The summed E-state index contributed by atoms with van der Waals surface area (Å²) < 4.78 is 19.0. The first-order valence-electron chi connectivity index (χ1n) is 7.03. The zero-order valence-electron chi connectivity index (χ0n) is 12.8. The molecule has 0 aliphatic carbocycles. The topological polar surface area (TPSA) is 72.4 Å². The monoisotopic (exact) mass is 317 g/mol. The van der Waals surface area contributed by atoms with E-state index in [2.05, 4.69) is 21.8 Å². The van der Waals surface area contributed by atoms with E-state index in [1.165, 1.54) is 13.4 Å². The Balaban J connectivity index is 0.000000595. The zero-order chi connectivity index (χ0) is 16.8. The van der Waals surface area contributed by atoms with Crippen LogP contribution < -0.4 is 9.64 Å². The van der Waals surface area contributed by atoms with E-state index in [1.807, 2.05) is 0 Å². The second-order valence-corrected chi connectivity index (χ2v) is 4.92. The van der Waals surface area contributed by atoms with Crippen LogP contribution in [0.15, 0.2) is 30.9 Å². The molecule has 7 heteroatoms. The van der Waals surface area contributed by atoms with Crippen molar-refractivity contribution in [1.29, 1.82) is 0 Å². The minimum absolute atomic E-state index is 0.149. The molecule has 3 rings (SSSR count). The van der Waals surface area contributed by atoms with Crippen LogP contribution in [0.5, 0.6) is 5.75 Å². The van der Waals surface area contributed by atoms with Crippen LogP contribution in [-0.4, -0.2) is 23.2 Å². The van der Waals surface area contributed by atoms with E-state index in [0.717, 1.165) is 29.8 Å². The van der Waals surface area contributed by atoms with Gasteiger partial charge in [0.15, 0.2) is 11.6 Å². The average molecular weight is 317 g/mol. The lowest BCUT2D eigenvalue weighted by Crippen LogP contribution is -2.21. The summed E-state index contributed by atoms with van der Waals surface area (Å²) in [5.74, 6) is -0.0133. The second kappa shape index (κ2) is 7.47. The van der Waals surface area contributed by atoms with Crippen molar-refractivity contribution in [3.05, 3.63) is 47.8 Å². The molecule has 1 unspecified atom stereocenters. The highest BCUT2D eigenvalue weighted by atomic mass is 19.1. The molecule has 120 valence electrons. The Labute approximate surface area is 132 Å². The van der Waals surface area contributed by atoms with Crippen LogP contribution in [0.25, 0.3) is 0 Å². The molecule has 0 N–H and O–H groups in total. The molecular weight excluding hydrogens is 301 g/mol. The highest BCUT2D eigenvalue weighted by molar-refractivity contribution is 5.54. The molecule has 1 aromatic heterocycles. The van der Waals surface area contributed by atoms with Gasteiger partial charge in [-0.2, -0.15) is 9.59 Å². The molecule has 0 amide bonds. The summed E-state index contributed by atoms with van der Waals surface area (Å²) in [4.78, 5) is 26.6. The fourth-order valence-corrected chi connectivity index (χ4v) is 2.83. The van der Waals surface area contributed by atoms with Gasteiger partial charge in [-0.15, -0.1) is 0 Å². The van der Waals surface area contributed by atoms with Gasteiger partial charge in [0.05, 0.1) is 31.2 Å². The lowest BCUT2D eigenvalue weighted by Gasteiger charge is -2.25. The highest BCUT2D eigenvalue weighted by Crippen LogP contribution is 2.41. The first-order chi connectivity index (χ1) is 11.2. The van der Waals surface area contributed by atoms with Crippen molar-refractivity contribution in [2.75, 3.05) is 12.0 Å². The van der Waals surface area contributed by atoms with Gasteiger partial charge >= 0.3 is 6.15 Å². The predicted octanol–water partition coefficient (Wildman–Crippen LogP) is 2.51. The molecule has 0 saturated carbocycles. The van der Waals surface area contributed by atoms with Gasteiger partial charge < -0.3 is 9.64 Å². The second-order valence-electron chi connectivity index (χ2n) is 4.92. The molecule has 23 heavy (non-hydrogen) atoms. The van der Waals surface area contributed by atoms with Crippen LogP contribution in [0.3, 0.4) is 0 Å².